The maximum absolute atomic E-state index is 12.0. The third kappa shape index (κ3) is 4.18. The second-order valence-electron chi connectivity index (χ2n) is 5.44. The van der Waals surface area contributed by atoms with E-state index in [1.165, 1.54) is 0 Å². The number of rotatable bonds is 4. The fourth-order valence-electron chi connectivity index (χ4n) is 2.72. The monoisotopic (exact) mass is 297 g/mol. The number of amides is 2. The Balaban J connectivity index is 2.11. The van der Waals surface area contributed by atoms with Crippen molar-refractivity contribution < 1.29 is 19.1 Å². The molecule has 0 bridgehead atoms. The zero-order valence-corrected chi connectivity index (χ0v) is 12.8. The second kappa shape index (κ2) is 6.91. The highest BCUT2D eigenvalue weighted by Gasteiger charge is 2.28. The van der Waals surface area contributed by atoms with Crippen molar-refractivity contribution in [1.82, 2.24) is 15.5 Å². The Bertz CT molecular complexity index is 440. The number of carbonyl (C=O) groups excluding carboxylic acids is 2. The molecule has 118 valence electrons. The van der Waals surface area contributed by atoms with Gasteiger partial charge in [0.2, 0.25) is 0 Å². The molecular weight excluding hydrogens is 274 g/mol. The van der Waals surface area contributed by atoms with Crippen molar-refractivity contribution in [3.8, 4) is 0 Å². The molecule has 0 saturated carbocycles. The number of hydrogen-bond acceptors (Lipinski definition) is 5. The van der Waals surface area contributed by atoms with Crippen LogP contribution in [0.4, 0.5) is 4.79 Å². The van der Waals surface area contributed by atoms with E-state index in [4.69, 9.17) is 9.47 Å². The summed E-state index contributed by atoms with van der Waals surface area (Å²) in [4.78, 5) is 25.7. The Morgan fingerprint density at radius 1 is 1.38 bits per heavy atom. The van der Waals surface area contributed by atoms with E-state index < -0.39 is 0 Å². The molecule has 1 fully saturated rings. The van der Waals surface area contributed by atoms with Gasteiger partial charge >= 0.3 is 12.0 Å². The molecule has 0 aromatic carbocycles. The molecule has 2 N–H and O–H groups in total. The van der Waals surface area contributed by atoms with E-state index in [0.29, 0.717) is 24.4 Å². The molecule has 7 nitrogen and oxygen atoms in total. The highest BCUT2D eigenvalue weighted by molar-refractivity contribution is 5.93. The van der Waals surface area contributed by atoms with Crippen LogP contribution in [0.3, 0.4) is 0 Å². The first-order chi connectivity index (χ1) is 9.99. The first-order valence-electron chi connectivity index (χ1n) is 7.31. The van der Waals surface area contributed by atoms with Gasteiger partial charge in [0.1, 0.15) is 0 Å². The number of hydrogen-bond donors (Lipinski definition) is 2. The van der Waals surface area contributed by atoms with Crippen LogP contribution in [0.15, 0.2) is 11.3 Å². The largest absolute Gasteiger partial charge is 0.463 e. The minimum absolute atomic E-state index is 0.137. The highest BCUT2D eigenvalue weighted by atomic mass is 16.5. The molecule has 0 aliphatic carbocycles. The summed E-state index contributed by atoms with van der Waals surface area (Å²) in [5.41, 5.74) is 1.11. The van der Waals surface area contributed by atoms with Crippen molar-refractivity contribution in [1.29, 1.82) is 0 Å². The van der Waals surface area contributed by atoms with Gasteiger partial charge in [0.15, 0.2) is 0 Å². The van der Waals surface area contributed by atoms with Gasteiger partial charge in [0, 0.05) is 25.3 Å². The Hall–Kier alpha value is -1.60. The number of nitrogens with one attached hydrogen (secondary N) is 2. The van der Waals surface area contributed by atoms with Crippen LogP contribution in [0.25, 0.3) is 0 Å². The third-order valence-corrected chi connectivity index (χ3v) is 3.45. The van der Waals surface area contributed by atoms with Gasteiger partial charge in [-0.15, -0.1) is 0 Å². The van der Waals surface area contributed by atoms with Gasteiger partial charge in [0.05, 0.1) is 30.9 Å². The van der Waals surface area contributed by atoms with E-state index in [2.05, 4.69) is 15.5 Å². The van der Waals surface area contributed by atoms with Crippen LogP contribution in [-0.2, 0) is 14.3 Å². The Labute approximate surface area is 124 Å². The number of carbonyl (C=O) groups is 2. The van der Waals surface area contributed by atoms with Gasteiger partial charge in [0.25, 0.3) is 0 Å². The molecule has 0 radical (unpaired) electrons. The Morgan fingerprint density at radius 3 is 2.67 bits per heavy atom. The molecule has 0 spiro atoms. The van der Waals surface area contributed by atoms with Crippen LogP contribution in [0.2, 0.25) is 0 Å². The molecule has 2 atom stereocenters. The minimum atomic E-state index is -0.380. The molecule has 2 amide bonds. The quantitative estimate of drug-likeness (QED) is 0.726. The molecule has 21 heavy (non-hydrogen) atoms. The predicted molar refractivity (Wildman–Crippen MR) is 76.6 cm³/mol. The number of esters is 1. The zero-order valence-electron chi connectivity index (χ0n) is 12.8. The first-order valence-corrected chi connectivity index (χ1v) is 7.31. The van der Waals surface area contributed by atoms with Crippen molar-refractivity contribution >= 4 is 12.0 Å². The Morgan fingerprint density at radius 2 is 2.05 bits per heavy atom. The molecule has 2 aliphatic heterocycles. The summed E-state index contributed by atoms with van der Waals surface area (Å²) in [6.07, 6.45) is 0.274. The summed E-state index contributed by atoms with van der Waals surface area (Å²) in [5, 5.41) is 5.33. The van der Waals surface area contributed by atoms with Crippen molar-refractivity contribution in [2.45, 2.75) is 33.0 Å². The second-order valence-corrected chi connectivity index (χ2v) is 5.44. The van der Waals surface area contributed by atoms with Crippen molar-refractivity contribution in [3.05, 3.63) is 11.3 Å². The number of urea groups is 1. The Kier molecular flexibility index (Phi) is 5.19. The van der Waals surface area contributed by atoms with E-state index in [9.17, 15) is 9.59 Å². The minimum Gasteiger partial charge on any atom is -0.463 e. The first kappa shape index (κ1) is 15.8. The molecule has 0 aromatic heterocycles. The molecule has 7 heteroatoms. The highest BCUT2D eigenvalue weighted by Crippen LogP contribution is 2.15. The van der Waals surface area contributed by atoms with Crippen LogP contribution in [0.1, 0.15) is 20.8 Å². The summed E-state index contributed by atoms with van der Waals surface area (Å²) in [6, 6.07) is -0.285. The van der Waals surface area contributed by atoms with E-state index in [0.717, 1.165) is 13.1 Å². The van der Waals surface area contributed by atoms with Crippen LogP contribution < -0.4 is 10.6 Å². The molecule has 1 saturated heterocycles. The standard InChI is InChI=1S/C14H23N3O4/c1-4-20-13(18)11-5-15-14(19)16-12(11)8-17-6-9(2)21-10(3)7-17/h9-10H,4-8H2,1-3H3,(H2,15,16,19)/t9-,10-/m1/s1. The van der Waals surface area contributed by atoms with E-state index >= 15 is 0 Å². The van der Waals surface area contributed by atoms with Gasteiger partial charge in [-0.2, -0.15) is 0 Å². The lowest BCUT2D eigenvalue weighted by Gasteiger charge is -2.36. The van der Waals surface area contributed by atoms with Gasteiger partial charge in [-0.05, 0) is 20.8 Å². The normalized spacial score (nSPS) is 27.1. The average Bonchev–Trinajstić information content (AvgIpc) is 2.37. The van der Waals surface area contributed by atoms with E-state index in [1.54, 1.807) is 6.92 Å². The van der Waals surface area contributed by atoms with Crippen molar-refractivity contribution in [3.63, 3.8) is 0 Å². The van der Waals surface area contributed by atoms with Crippen LogP contribution in [0, 0.1) is 0 Å². The maximum Gasteiger partial charge on any atom is 0.337 e. The van der Waals surface area contributed by atoms with Gasteiger partial charge in [-0.25, -0.2) is 9.59 Å². The van der Waals surface area contributed by atoms with Crippen LogP contribution in [0.5, 0.6) is 0 Å². The maximum atomic E-state index is 12.0. The van der Waals surface area contributed by atoms with E-state index in [1.807, 2.05) is 13.8 Å². The van der Waals surface area contributed by atoms with Crippen LogP contribution >= 0.6 is 0 Å². The van der Waals surface area contributed by atoms with Gasteiger partial charge in [-0.3, -0.25) is 4.90 Å². The average molecular weight is 297 g/mol. The third-order valence-electron chi connectivity index (χ3n) is 3.45. The van der Waals surface area contributed by atoms with Gasteiger partial charge < -0.3 is 20.1 Å². The summed E-state index contributed by atoms with van der Waals surface area (Å²) >= 11 is 0. The summed E-state index contributed by atoms with van der Waals surface area (Å²) in [6.45, 7) is 8.37. The molecule has 2 aliphatic rings. The molecule has 0 unspecified atom stereocenters. The van der Waals surface area contributed by atoms with Crippen LogP contribution in [-0.4, -0.2) is 61.9 Å². The molecular formula is C14H23N3O4. The van der Waals surface area contributed by atoms with Gasteiger partial charge in [-0.1, -0.05) is 0 Å². The number of morpholine rings is 1. The van der Waals surface area contributed by atoms with Crippen molar-refractivity contribution in [2.75, 3.05) is 32.8 Å². The predicted octanol–water partition coefficient (Wildman–Crippen LogP) is 0.226. The fourth-order valence-corrected chi connectivity index (χ4v) is 2.72. The molecule has 2 heterocycles. The van der Waals surface area contributed by atoms with Crippen molar-refractivity contribution in [2.24, 2.45) is 0 Å². The summed E-state index contributed by atoms with van der Waals surface area (Å²) in [7, 11) is 0. The smallest absolute Gasteiger partial charge is 0.337 e. The van der Waals surface area contributed by atoms with E-state index in [-0.39, 0.29) is 30.8 Å². The lowest BCUT2D eigenvalue weighted by molar-refractivity contribution is -0.138. The number of ether oxygens (including phenoxy) is 2. The summed E-state index contributed by atoms with van der Waals surface area (Å²) < 4.78 is 10.7. The lowest BCUT2D eigenvalue weighted by Crippen LogP contribution is -2.50. The lowest BCUT2D eigenvalue weighted by atomic mass is 10.1. The number of nitrogens with zero attached hydrogens (tertiary/aromatic N) is 1. The fraction of sp³-hybridized carbons (Fsp3) is 0.714. The zero-order chi connectivity index (χ0) is 15.4. The molecule has 0 aromatic rings. The summed E-state index contributed by atoms with van der Waals surface area (Å²) in [5.74, 6) is -0.380. The topological polar surface area (TPSA) is 79.9 Å². The molecule has 2 rings (SSSR count). The SMILES string of the molecule is CCOC(=O)C1=C(CN2C[C@@H](C)O[C@H](C)C2)NC(=O)NC1.